The number of amides is 1. The Morgan fingerprint density at radius 3 is 2.71 bits per heavy atom. The van der Waals surface area contributed by atoms with Crippen molar-refractivity contribution in [2.24, 2.45) is 11.8 Å². The fourth-order valence-electron chi connectivity index (χ4n) is 4.94. The normalized spacial score (nSPS) is 21.6. The third-order valence-electron chi connectivity index (χ3n) is 6.81. The molecule has 1 saturated heterocycles. The number of thiazole rings is 1. The molecule has 11 heteroatoms. The number of aromatic nitrogens is 1. The van der Waals surface area contributed by atoms with Crippen molar-refractivity contribution in [1.29, 1.82) is 0 Å². The maximum absolute atomic E-state index is 13.2. The number of nitrogens with zero attached hydrogens (tertiary/aromatic N) is 3. The number of benzene rings is 2. The Labute approximate surface area is 227 Å². The molecule has 0 bridgehead atoms. The summed E-state index contributed by atoms with van der Waals surface area (Å²) in [6.07, 6.45) is 2.97. The molecule has 3 heterocycles. The van der Waals surface area contributed by atoms with E-state index in [1.54, 1.807) is 30.0 Å². The Kier molecular flexibility index (Phi) is 7.33. The van der Waals surface area contributed by atoms with Crippen LogP contribution >= 0.6 is 23.1 Å². The van der Waals surface area contributed by atoms with Gasteiger partial charge in [-0.15, -0.1) is 11.3 Å². The third kappa shape index (κ3) is 4.84. The van der Waals surface area contributed by atoms with E-state index in [0.717, 1.165) is 14.6 Å². The zero-order valence-electron chi connectivity index (χ0n) is 20.6. The summed E-state index contributed by atoms with van der Waals surface area (Å²) >= 11 is 3.21. The van der Waals surface area contributed by atoms with E-state index in [9.17, 15) is 24.8 Å². The van der Waals surface area contributed by atoms with Gasteiger partial charge in [0.05, 0.1) is 33.2 Å². The Morgan fingerprint density at radius 1 is 1.29 bits per heavy atom. The van der Waals surface area contributed by atoms with Crippen molar-refractivity contribution in [3.05, 3.63) is 87.6 Å². The predicted molar refractivity (Wildman–Crippen MR) is 144 cm³/mol. The first-order valence-corrected chi connectivity index (χ1v) is 13.9. The number of nitro groups is 1. The highest BCUT2D eigenvalue weighted by Crippen LogP contribution is 2.48. The van der Waals surface area contributed by atoms with Crippen LogP contribution in [0.5, 0.6) is 0 Å². The van der Waals surface area contributed by atoms with Crippen LogP contribution in [0, 0.1) is 22.0 Å². The minimum atomic E-state index is -0.832. The highest BCUT2D eigenvalue weighted by molar-refractivity contribution is 8.01. The van der Waals surface area contributed by atoms with Crippen molar-refractivity contribution in [3.8, 4) is 0 Å². The van der Waals surface area contributed by atoms with Crippen LogP contribution < -0.4 is 0 Å². The second kappa shape index (κ2) is 10.7. The molecule has 9 nitrogen and oxygen atoms in total. The number of allylic oxidation sites excluding steroid dienone is 1. The molecule has 5 rings (SSSR count). The number of fused-ring (bicyclic) bond motifs is 2. The number of thioether (sulfide) groups is 1. The number of para-hydroxylation sites is 1. The van der Waals surface area contributed by atoms with Gasteiger partial charge in [-0.3, -0.25) is 14.9 Å². The van der Waals surface area contributed by atoms with Crippen LogP contribution in [0.25, 0.3) is 10.2 Å². The molecule has 4 atom stereocenters. The van der Waals surface area contributed by atoms with Gasteiger partial charge in [-0.05, 0) is 42.3 Å². The molecule has 1 N–H and O–H groups in total. The molecule has 0 radical (unpaired) electrons. The number of ether oxygens (including phenoxy) is 1. The maximum atomic E-state index is 13.2. The first-order chi connectivity index (χ1) is 18.3. The zero-order valence-corrected chi connectivity index (χ0v) is 22.3. The lowest BCUT2D eigenvalue weighted by atomic mass is 9.78. The number of hydrogen-bond donors (Lipinski definition) is 1. The molecular formula is C27H25N3O6S2. The SMILES string of the molecule is C[C@@H](O)[C@H]1C(=O)N2C(C(=O)OCc3ccc([N+](=O)[O-])cc3)=C(/C=C/CSc3nc4ccccc4s3)[C@H](C)[C@H]12. The molecule has 2 aliphatic rings. The molecule has 1 fully saturated rings. The summed E-state index contributed by atoms with van der Waals surface area (Å²) < 4.78 is 7.59. The molecule has 3 aromatic rings. The average molecular weight is 552 g/mol. The summed E-state index contributed by atoms with van der Waals surface area (Å²) in [6.45, 7) is 3.43. The van der Waals surface area contributed by atoms with Gasteiger partial charge in [0.15, 0.2) is 4.34 Å². The number of esters is 1. The molecule has 0 saturated carbocycles. The Bertz CT molecular complexity index is 1430. The van der Waals surface area contributed by atoms with Crippen LogP contribution in [-0.2, 0) is 20.9 Å². The van der Waals surface area contributed by atoms with E-state index in [1.807, 2.05) is 43.3 Å². The number of hydrogen-bond acceptors (Lipinski definition) is 9. The lowest BCUT2D eigenvalue weighted by Crippen LogP contribution is -2.63. The number of aliphatic hydroxyl groups is 1. The van der Waals surface area contributed by atoms with Crippen LogP contribution in [0.4, 0.5) is 5.69 Å². The van der Waals surface area contributed by atoms with E-state index in [-0.39, 0.29) is 35.9 Å². The van der Waals surface area contributed by atoms with Crippen molar-refractivity contribution in [2.75, 3.05) is 5.75 Å². The van der Waals surface area contributed by atoms with Crippen molar-refractivity contribution in [3.63, 3.8) is 0 Å². The lowest BCUT2D eigenvalue weighted by molar-refractivity contribution is -0.384. The number of non-ortho nitro benzene ring substituents is 1. The lowest BCUT2D eigenvalue weighted by Gasteiger charge is -2.46. The van der Waals surface area contributed by atoms with Crippen LogP contribution in [0.1, 0.15) is 19.4 Å². The molecule has 2 aromatic carbocycles. The monoisotopic (exact) mass is 551 g/mol. The number of aliphatic hydroxyl groups excluding tert-OH is 1. The molecule has 1 amide bonds. The summed E-state index contributed by atoms with van der Waals surface area (Å²) in [7, 11) is 0. The maximum Gasteiger partial charge on any atom is 0.355 e. The van der Waals surface area contributed by atoms with Gasteiger partial charge in [0.1, 0.15) is 12.3 Å². The van der Waals surface area contributed by atoms with E-state index in [2.05, 4.69) is 4.98 Å². The van der Waals surface area contributed by atoms with Gasteiger partial charge in [0, 0.05) is 23.8 Å². The molecule has 1 aromatic heterocycles. The van der Waals surface area contributed by atoms with Crippen molar-refractivity contribution in [2.45, 2.75) is 36.9 Å². The van der Waals surface area contributed by atoms with Crippen LogP contribution in [0.2, 0.25) is 0 Å². The van der Waals surface area contributed by atoms with Crippen molar-refractivity contribution in [1.82, 2.24) is 9.88 Å². The number of rotatable bonds is 9. The standard InChI is InChI=1S/C27H25N3O6S2/c1-15-19(6-5-13-37-27-28-20-7-3-4-8-21(20)38-27)24(29-23(15)22(16(2)31)25(29)32)26(33)36-14-17-9-11-18(12-10-17)30(34)35/h3-12,15-16,22-23,31H,13-14H2,1-2H3/b6-5+/t15-,16+,22+,23+/m0/s1. The molecule has 0 unspecified atom stereocenters. The minimum absolute atomic E-state index is 0.0540. The van der Waals surface area contributed by atoms with Gasteiger partial charge in [0.2, 0.25) is 5.91 Å². The van der Waals surface area contributed by atoms with Gasteiger partial charge < -0.3 is 14.7 Å². The fourth-order valence-corrected chi connectivity index (χ4v) is 6.85. The van der Waals surface area contributed by atoms with Crippen LogP contribution in [0.3, 0.4) is 0 Å². The van der Waals surface area contributed by atoms with Crippen LogP contribution in [0.15, 0.2) is 76.3 Å². The predicted octanol–water partition coefficient (Wildman–Crippen LogP) is 4.71. The first-order valence-electron chi connectivity index (χ1n) is 12.1. The van der Waals surface area contributed by atoms with E-state index >= 15 is 0 Å². The molecule has 0 spiro atoms. The molecule has 0 aliphatic carbocycles. The number of nitro benzene ring substituents is 1. The highest BCUT2D eigenvalue weighted by Gasteiger charge is 2.59. The van der Waals surface area contributed by atoms with E-state index in [1.165, 1.54) is 29.2 Å². The largest absolute Gasteiger partial charge is 0.456 e. The van der Waals surface area contributed by atoms with Gasteiger partial charge >= 0.3 is 5.97 Å². The molecular weight excluding hydrogens is 526 g/mol. The van der Waals surface area contributed by atoms with Crippen molar-refractivity contribution >= 4 is 50.9 Å². The van der Waals surface area contributed by atoms with E-state index in [0.29, 0.717) is 16.9 Å². The topological polar surface area (TPSA) is 123 Å². The smallest absolute Gasteiger partial charge is 0.355 e. The Balaban J connectivity index is 1.33. The summed E-state index contributed by atoms with van der Waals surface area (Å²) in [4.78, 5) is 42.6. The fraction of sp³-hybridized carbons (Fsp3) is 0.296. The van der Waals surface area contributed by atoms with Gasteiger partial charge in [0.25, 0.3) is 5.69 Å². The van der Waals surface area contributed by atoms with Crippen LogP contribution in [-0.4, -0.2) is 49.7 Å². The Hall–Kier alpha value is -3.54. The highest BCUT2D eigenvalue weighted by atomic mass is 32.2. The second-order valence-corrected chi connectivity index (χ2v) is 11.5. The number of carbonyl (C=O) groups is 2. The summed E-state index contributed by atoms with van der Waals surface area (Å²) in [5.74, 6) is -1.07. The van der Waals surface area contributed by atoms with E-state index < -0.39 is 22.9 Å². The van der Waals surface area contributed by atoms with Crippen molar-refractivity contribution < 1.29 is 24.4 Å². The van der Waals surface area contributed by atoms with Gasteiger partial charge in [-0.1, -0.05) is 43.0 Å². The quantitative estimate of drug-likeness (QED) is 0.133. The molecule has 196 valence electrons. The first kappa shape index (κ1) is 26.1. The summed E-state index contributed by atoms with van der Waals surface area (Å²) in [6, 6.07) is 13.4. The number of β-lactam (4-membered cyclic amide) rings is 1. The molecule has 2 aliphatic heterocycles. The van der Waals surface area contributed by atoms with Gasteiger partial charge in [-0.25, -0.2) is 9.78 Å². The average Bonchev–Trinajstić information content (AvgIpc) is 3.41. The van der Waals surface area contributed by atoms with Gasteiger partial charge in [-0.2, -0.15) is 0 Å². The molecule has 38 heavy (non-hydrogen) atoms. The summed E-state index contributed by atoms with van der Waals surface area (Å²) in [5, 5.41) is 21.1. The second-order valence-electron chi connectivity index (χ2n) is 9.22. The van der Waals surface area contributed by atoms with E-state index in [4.69, 9.17) is 4.74 Å². The summed E-state index contributed by atoms with van der Waals surface area (Å²) in [5.41, 5.74) is 2.37. The third-order valence-corrected chi connectivity index (χ3v) is 8.94. The zero-order chi connectivity index (χ0) is 27.0. The Morgan fingerprint density at radius 2 is 2.03 bits per heavy atom. The number of carbonyl (C=O) groups excluding carboxylic acids is 2. The minimum Gasteiger partial charge on any atom is -0.456 e.